The maximum absolute atomic E-state index is 12.1. The fourth-order valence-corrected chi connectivity index (χ4v) is 1.87. The van der Waals surface area contributed by atoms with E-state index in [2.05, 4.69) is 21.2 Å². The van der Waals surface area contributed by atoms with Crippen LogP contribution in [0.5, 0.6) is 0 Å². The first-order valence-electron chi connectivity index (χ1n) is 5.68. The number of hydrogen-bond donors (Lipinski definition) is 2. The van der Waals surface area contributed by atoms with Gasteiger partial charge in [0.25, 0.3) is 5.91 Å². The summed E-state index contributed by atoms with van der Waals surface area (Å²) >= 11 is 3.37. The van der Waals surface area contributed by atoms with Crippen molar-refractivity contribution in [1.82, 2.24) is 5.32 Å². The Morgan fingerprint density at radius 2 is 2.06 bits per heavy atom. The third-order valence-corrected chi connectivity index (χ3v) is 3.91. The largest absolute Gasteiger partial charge is 0.345 e. The zero-order chi connectivity index (χ0) is 13.1. The number of rotatable bonds is 4. The van der Waals surface area contributed by atoms with Gasteiger partial charge in [0, 0.05) is 11.0 Å². The molecular formula is C13H19BrN2O. The highest BCUT2D eigenvalue weighted by Crippen LogP contribution is 2.19. The maximum Gasteiger partial charge on any atom is 0.252 e. The van der Waals surface area contributed by atoms with Crippen LogP contribution >= 0.6 is 15.9 Å². The van der Waals surface area contributed by atoms with Crippen LogP contribution in [0.3, 0.4) is 0 Å². The standard InChI is InChI=1S/C13H19BrN2O/c1-9(2)13(3,8-15)16-12(17)10-6-4-5-7-11(10)14/h4-7,9H,8,15H2,1-3H3,(H,16,17). The lowest BCUT2D eigenvalue weighted by Crippen LogP contribution is -2.55. The van der Waals surface area contributed by atoms with Crippen molar-refractivity contribution in [2.45, 2.75) is 26.3 Å². The molecule has 0 aliphatic carbocycles. The summed E-state index contributed by atoms with van der Waals surface area (Å²) in [7, 11) is 0. The molecule has 0 radical (unpaired) electrons. The van der Waals surface area contributed by atoms with Crippen LogP contribution in [-0.4, -0.2) is 18.0 Å². The fourth-order valence-electron chi connectivity index (χ4n) is 1.40. The van der Waals surface area contributed by atoms with Gasteiger partial charge >= 0.3 is 0 Å². The van der Waals surface area contributed by atoms with E-state index in [4.69, 9.17) is 5.73 Å². The summed E-state index contributed by atoms with van der Waals surface area (Å²) in [5.74, 6) is 0.179. The van der Waals surface area contributed by atoms with Crippen LogP contribution in [0.25, 0.3) is 0 Å². The normalized spacial score (nSPS) is 14.5. The molecule has 17 heavy (non-hydrogen) atoms. The minimum Gasteiger partial charge on any atom is -0.345 e. The van der Waals surface area contributed by atoms with E-state index in [1.807, 2.05) is 39.0 Å². The van der Waals surface area contributed by atoms with Crippen LogP contribution in [0.2, 0.25) is 0 Å². The summed E-state index contributed by atoms with van der Waals surface area (Å²) in [6.45, 7) is 6.48. The molecule has 0 aliphatic heterocycles. The first-order chi connectivity index (χ1) is 7.90. The second-order valence-electron chi connectivity index (χ2n) is 4.71. The fraction of sp³-hybridized carbons (Fsp3) is 0.462. The molecule has 1 atom stereocenters. The van der Waals surface area contributed by atoms with Gasteiger partial charge in [-0.2, -0.15) is 0 Å². The highest BCUT2D eigenvalue weighted by Gasteiger charge is 2.29. The van der Waals surface area contributed by atoms with Crippen LogP contribution in [-0.2, 0) is 0 Å². The molecule has 1 aromatic carbocycles. The molecule has 0 aromatic heterocycles. The number of hydrogen-bond acceptors (Lipinski definition) is 2. The van der Waals surface area contributed by atoms with Crippen LogP contribution < -0.4 is 11.1 Å². The van der Waals surface area contributed by atoms with Gasteiger partial charge in [-0.1, -0.05) is 26.0 Å². The molecule has 4 heteroatoms. The molecule has 3 N–H and O–H groups in total. The Hall–Kier alpha value is -0.870. The van der Waals surface area contributed by atoms with Crippen molar-refractivity contribution in [3.05, 3.63) is 34.3 Å². The van der Waals surface area contributed by atoms with Crippen molar-refractivity contribution in [3.8, 4) is 0 Å². The highest BCUT2D eigenvalue weighted by molar-refractivity contribution is 9.10. The first-order valence-corrected chi connectivity index (χ1v) is 6.47. The summed E-state index contributed by atoms with van der Waals surface area (Å²) in [5, 5.41) is 3.01. The molecule has 1 rings (SSSR count). The number of carbonyl (C=O) groups is 1. The summed E-state index contributed by atoms with van der Waals surface area (Å²) in [5.41, 5.74) is 6.00. The quantitative estimate of drug-likeness (QED) is 0.897. The average Bonchev–Trinajstić information content (AvgIpc) is 2.29. The second kappa shape index (κ2) is 5.65. The number of benzene rings is 1. The van der Waals surface area contributed by atoms with Gasteiger partial charge in [-0.15, -0.1) is 0 Å². The van der Waals surface area contributed by atoms with Gasteiger partial charge in [0.05, 0.1) is 11.1 Å². The number of amides is 1. The molecule has 3 nitrogen and oxygen atoms in total. The van der Waals surface area contributed by atoms with E-state index in [1.54, 1.807) is 6.07 Å². The topological polar surface area (TPSA) is 55.1 Å². The number of nitrogens with two attached hydrogens (primary N) is 1. The van der Waals surface area contributed by atoms with Crippen molar-refractivity contribution in [2.75, 3.05) is 6.54 Å². The smallest absolute Gasteiger partial charge is 0.252 e. The molecule has 0 spiro atoms. The maximum atomic E-state index is 12.1. The Balaban J connectivity index is 2.90. The molecule has 1 unspecified atom stereocenters. The van der Waals surface area contributed by atoms with Crippen LogP contribution in [0, 0.1) is 5.92 Å². The summed E-state index contributed by atoms with van der Waals surface area (Å²) in [6, 6.07) is 7.36. The molecule has 0 saturated carbocycles. The summed E-state index contributed by atoms with van der Waals surface area (Å²) < 4.78 is 0.792. The zero-order valence-electron chi connectivity index (χ0n) is 10.5. The van der Waals surface area contributed by atoms with Crippen molar-refractivity contribution in [2.24, 2.45) is 11.7 Å². The van der Waals surface area contributed by atoms with Gasteiger partial charge in [0.15, 0.2) is 0 Å². The first kappa shape index (κ1) is 14.2. The van der Waals surface area contributed by atoms with E-state index in [0.717, 1.165) is 4.47 Å². The Morgan fingerprint density at radius 3 is 2.53 bits per heavy atom. The van der Waals surface area contributed by atoms with Gasteiger partial charge in [0.2, 0.25) is 0 Å². The molecule has 0 bridgehead atoms. The van der Waals surface area contributed by atoms with Crippen molar-refractivity contribution in [3.63, 3.8) is 0 Å². The van der Waals surface area contributed by atoms with Gasteiger partial charge in [-0.05, 0) is 40.9 Å². The summed E-state index contributed by atoms with van der Waals surface area (Å²) in [6.07, 6.45) is 0. The van der Waals surface area contributed by atoms with Gasteiger partial charge in [-0.3, -0.25) is 4.79 Å². The number of nitrogens with one attached hydrogen (secondary N) is 1. The predicted octanol–water partition coefficient (Wildman–Crippen LogP) is 2.55. The Kier molecular flexibility index (Phi) is 4.71. The molecule has 0 heterocycles. The Bertz CT molecular complexity index is 406. The monoisotopic (exact) mass is 298 g/mol. The van der Waals surface area contributed by atoms with Crippen LogP contribution in [0.1, 0.15) is 31.1 Å². The summed E-state index contributed by atoms with van der Waals surface area (Å²) in [4.78, 5) is 12.1. The Morgan fingerprint density at radius 1 is 1.47 bits per heavy atom. The Labute approximate surface area is 111 Å². The van der Waals surface area contributed by atoms with Gasteiger partial charge in [0.1, 0.15) is 0 Å². The lowest BCUT2D eigenvalue weighted by Gasteiger charge is -2.33. The van der Waals surface area contributed by atoms with Crippen molar-refractivity contribution in [1.29, 1.82) is 0 Å². The van der Waals surface area contributed by atoms with Gasteiger partial charge < -0.3 is 11.1 Å². The SMILES string of the molecule is CC(C)C(C)(CN)NC(=O)c1ccccc1Br. The zero-order valence-corrected chi connectivity index (χ0v) is 12.0. The third kappa shape index (κ3) is 3.30. The van der Waals surface area contributed by atoms with E-state index in [0.29, 0.717) is 12.1 Å². The van der Waals surface area contributed by atoms with E-state index >= 15 is 0 Å². The number of halogens is 1. The minimum absolute atomic E-state index is 0.0980. The minimum atomic E-state index is -0.383. The highest BCUT2D eigenvalue weighted by atomic mass is 79.9. The molecule has 0 aliphatic rings. The average molecular weight is 299 g/mol. The third-order valence-electron chi connectivity index (χ3n) is 3.22. The lowest BCUT2D eigenvalue weighted by molar-refractivity contribution is 0.0882. The van der Waals surface area contributed by atoms with Gasteiger partial charge in [-0.25, -0.2) is 0 Å². The lowest BCUT2D eigenvalue weighted by atomic mass is 9.88. The van der Waals surface area contributed by atoms with Crippen LogP contribution in [0.4, 0.5) is 0 Å². The van der Waals surface area contributed by atoms with Crippen molar-refractivity contribution < 1.29 is 4.79 Å². The molecule has 1 aromatic rings. The van der Waals surface area contributed by atoms with Crippen LogP contribution in [0.15, 0.2) is 28.7 Å². The van der Waals surface area contributed by atoms with E-state index in [9.17, 15) is 4.79 Å². The molecule has 94 valence electrons. The molecule has 0 fully saturated rings. The second-order valence-corrected chi connectivity index (χ2v) is 5.56. The number of carbonyl (C=O) groups excluding carboxylic acids is 1. The molecular weight excluding hydrogens is 280 g/mol. The van der Waals surface area contributed by atoms with Crippen molar-refractivity contribution >= 4 is 21.8 Å². The van der Waals surface area contributed by atoms with E-state index in [1.165, 1.54) is 0 Å². The van der Waals surface area contributed by atoms with E-state index in [-0.39, 0.29) is 17.4 Å². The predicted molar refractivity (Wildman–Crippen MR) is 73.9 cm³/mol. The molecule has 1 amide bonds. The van der Waals surface area contributed by atoms with E-state index < -0.39 is 0 Å². The molecule has 0 saturated heterocycles.